The molecule has 5 heteroatoms. The van der Waals surface area contributed by atoms with Gasteiger partial charge < -0.3 is 15.5 Å². The van der Waals surface area contributed by atoms with Crippen molar-refractivity contribution in [3.63, 3.8) is 0 Å². The van der Waals surface area contributed by atoms with Crippen LogP contribution in [0.3, 0.4) is 0 Å². The van der Waals surface area contributed by atoms with Crippen LogP contribution < -0.4 is 15.5 Å². The lowest BCUT2D eigenvalue weighted by Gasteiger charge is -2.20. The first-order valence-corrected chi connectivity index (χ1v) is 6.45. The average molecular weight is 246 g/mol. The van der Waals surface area contributed by atoms with Crippen molar-refractivity contribution in [2.75, 3.05) is 31.6 Å². The Kier molecular flexibility index (Phi) is 2.91. The lowest BCUT2D eigenvalue weighted by Crippen LogP contribution is -2.32. The Morgan fingerprint density at radius 2 is 2.44 bits per heavy atom. The fourth-order valence-corrected chi connectivity index (χ4v) is 2.98. The zero-order valence-electron chi connectivity index (χ0n) is 10.5. The molecule has 18 heavy (non-hydrogen) atoms. The van der Waals surface area contributed by atoms with Gasteiger partial charge >= 0.3 is 0 Å². The molecule has 5 nitrogen and oxygen atoms in total. The minimum absolute atomic E-state index is 0.0666. The molecule has 0 radical (unpaired) electrons. The van der Waals surface area contributed by atoms with Crippen molar-refractivity contribution in [3.05, 3.63) is 23.9 Å². The number of carbonyl (C=O) groups is 1. The van der Waals surface area contributed by atoms with E-state index in [1.807, 2.05) is 12.1 Å². The van der Waals surface area contributed by atoms with Crippen LogP contribution in [0.1, 0.15) is 16.8 Å². The molecule has 1 aromatic rings. The number of nitrogens with one attached hydrogen (secondary N) is 2. The summed E-state index contributed by atoms with van der Waals surface area (Å²) in [5.74, 6) is 1.45. The molecule has 3 rings (SSSR count). The normalized spacial score (nSPS) is 26.2. The van der Waals surface area contributed by atoms with E-state index in [-0.39, 0.29) is 5.91 Å². The first-order chi connectivity index (χ1) is 8.79. The van der Waals surface area contributed by atoms with Crippen LogP contribution >= 0.6 is 0 Å². The molecule has 2 aliphatic heterocycles. The number of hydrogen-bond donors (Lipinski definition) is 2. The summed E-state index contributed by atoms with van der Waals surface area (Å²) in [5, 5.41) is 6.19. The van der Waals surface area contributed by atoms with Crippen LogP contribution in [0.4, 0.5) is 5.82 Å². The molecule has 1 aromatic heterocycles. The SMILES string of the molecule is CNC(=O)c1cccnc1N1C[C@@H]2CCN[C@@H]2C1. The third-order valence-electron chi connectivity index (χ3n) is 3.92. The molecule has 2 N–H and O–H groups in total. The Labute approximate surface area is 107 Å². The summed E-state index contributed by atoms with van der Waals surface area (Å²) in [6, 6.07) is 4.20. The van der Waals surface area contributed by atoms with E-state index in [4.69, 9.17) is 0 Å². The second-order valence-corrected chi connectivity index (χ2v) is 4.97. The maximum atomic E-state index is 11.8. The van der Waals surface area contributed by atoms with Gasteiger partial charge in [-0.2, -0.15) is 0 Å². The molecule has 0 aliphatic carbocycles. The van der Waals surface area contributed by atoms with E-state index < -0.39 is 0 Å². The highest BCUT2D eigenvalue weighted by Gasteiger charge is 2.37. The summed E-state index contributed by atoms with van der Waals surface area (Å²) in [6.07, 6.45) is 2.98. The van der Waals surface area contributed by atoms with Crippen LogP contribution in [-0.4, -0.2) is 43.6 Å². The number of amides is 1. The molecular weight excluding hydrogens is 228 g/mol. The Hall–Kier alpha value is -1.62. The summed E-state index contributed by atoms with van der Waals surface area (Å²) in [6.45, 7) is 3.07. The standard InChI is InChI=1S/C13H18N4O/c1-14-13(18)10-3-2-5-16-12(10)17-7-9-4-6-15-11(9)8-17/h2-3,5,9,11,15H,4,6-8H2,1H3,(H,14,18)/t9-,11+/m0/s1. The molecular formula is C13H18N4O. The molecule has 1 amide bonds. The number of nitrogens with zero attached hydrogens (tertiary/aromatic N) is 2. The van der Waals surface area contributed by atoms with Gasteiger partial charge in [0.2, 0.25) is 0 Å². The van der Waals surface area contributed by atoms with Crippen molar-refractivity contribution in [1.29, 1.82) is 0 Å². The van der Waals surface area contributed by atoms with Gasteiger partial charge in [0.25, 0.3) is 5.91 Å². The van der Waals surface area contributed by atoms with E-state index >= 15 is 0 Å². The minimum atomic E-state index is -0.0666. The Morgan fingerprint density at radius 3 is 3.22 bits per heavy atom. The molecule has 0 saturated carbocycles. The molecule has 0 unspecified atom stereocenters. The van der Waals surface area contributed by atoms with E-state index in [0.717, 1.165) is 25.5 Å². The maximum absolute atomic E-state index is 11.8. The monoisotopic (exact) mass is 246 g/mol. The largest absolute Gasteiger partial charge is 0.355 e. The number of anilines is 1. The zero-order chi connectivity index (χ0) is 12.5. The summed E-state index contributed by atoms with van der Waals surface area (Å²) < 4.78 is 0. The molecule has 0 spiro atoms. The van der Waals surface area contributed by atoms with Crippen LogP contribution in [0.5, 0.6) is 0 Å². The zero-order valence-corrected chi connectivity index (χ0v) is 10.5. The van der Waals surface area contributed by atoms with Gasteiger partial charge in [-0.25, -0.2) is 4.98 Å². The van der Waals surface area contributed by atoms with Crippen molar-refractivity contribution in [3.8, 4) is 0 Å². The van der Waals surface area contributed by atoms with E-state index in [2.05, 4.69) is 20.5 Å². The summed E-state index contributed by atoms with van der Waals surface area (Å²) in [5.41, 5.74) is 0.667. The Morgan fingerprint density at radius 1 is 1.56 bits per heavy atom. The van der Waals surface area contributed by atoms with E-state index in [9.17, 15) is 4.79 Å². The quantitative estimate of drug-likeness (QED) is 0.785. The second-order valence-electron chi connectivity index (χ2n) is 4.97. The van der Waals surface area contributed by atoms with Crippen molar-refractivity contribution in [2.24, 2.45) is 5.92 Å². The van der Waals surface area contributed by atoms with Gasteiger partial charge in [0.05, 0.1) is 5.56 Å². The third kappa shape index (κ3) is 1.84. The van der Waals surface area contributed by atoms with Crippen LogP contribution in [0.2, 0.25) is 0 Å². The topological polar surface area (TPSA) is 57.3 Å². The number of fused-ring (bicyclic) bond motifs is 1. The highest BCUT2D eigenvalue weighted by molar-refractivity contribution is 5.98. The molecule has 2 saturated heterocycles. The molecule has 0 bridgehead atoms. The van der Waals surface area contributed by atoms with Gasteiger partial charge in [-0.05, 0) is 31.0 Å². The van der Waals surface area contributed by atoms with Crippen molar-refractivity contribution < 1.29 is 4.79 Å². The third-order valence-corrected chi connectivity index (χ3v) is 3.92. The van der Waals surface area contributed by atoms with Crippen molar-refractivity contribution >= 4 is 11.7 Å². The van der Waals surface area contributed by atoms with Gasteiger partial charge in [0, 0.05) is 32.4 Å². The van der Waals surface area contributed by atoms with Crippen molar-refractivity contribution in [1.82, 2.24) is 15.6 Å². The minimum Gasteiger partial charge on any atom is -0.355 e. The predicted octanol–water partition coefficient (Wildman–Crippen LogP) is 0.239. The predicted molar refractivity (Wildman–Crippen MR) is 69.7 cm³/mol. The van der Waals surface area contributed by atoms with Crippen molar-refractivity contribution in [2.45, 2.75) is 12.5 Å². The number of hydrogen-bond acceptors (Lipinski definition) is 4. The molecule has 96 valence electrons. The van der Waals surface area contributed by atoms with Crippen LogP contribution in [0.25, 0.3) is 0 Å². The van der Waals surface area contributed by atoms with Gasteiger partial charge in [0.1, 0.15) is 5.82 Å². The van der Waals surface area contributed by atoms with Gasteiger partial charge in [-0.1, -0.05) is 0 Å². The molecule has 3 heterocycles. The second kappa shape index (κ2) is 4.57. The van der Waals surface area contributed by atoms with E-state index in [1.165, 1.54) is 6.42 Å². The van der Waals surface area contributed by atoms with Crippen LogP contribution in [-0.2, 0) is 0 Å². The summed E-state index contributed by atoms with van der Waals surface area (Å²) in [7, 11) is 1.65. The number of pyridine rings is 1. The first kappa shape index (κ1) is 11.5. The summed E-state index contributed by atoms with van der Waals surface area (Å²) in [4.78, 5) is 18.5. The molecule has 0 aromatic carbocycles. The van der Waals surface area contributed by atoms with Gasteiger partial charge in [-0.3, -0.25) is 4.79 Å². The van der Waals surface area contributed by atoms with Crippen LogP contribution in [0, 0.1) is 5.92 Å². The summed E-state index contributed by atoms with van der Waals surface area (Å²) >= 11 is 0. The fourth-order valence-electron chi connectivity index (χ4n) is 2.98. The lowest BCUT2D eigenvalue weighted by atomic mass is 10.1. The number of aromatic nitrogens is 1. The lowest BCUT2D eigenvalue weighted by molar-refractivity contribution is 0.0963. The van der Waals surface area contributed by atoms with Crippen LogP contribution in [0.15, 0.2) is 18.3 Å². The fraction of sp³-hybridized carbons (Fsp3) is 0.538. The molecule has 2 atom stereocenters. The maximum Gasteiger partial charge on any atom is 0.254 e. The van der Waals surface area contributed by atoms with Gasteiger partial charge in [-0.15, -0.1) is 0 Å². The Balaban J connectivity index is 1.86. The van der Waals surface area contributed by atoms with E-state index in [1.54, 1.807) is 13.2 Å². The molecule has 2 aliphatic rings. The molecule has 2 fully saturated rings. The average Bonchev–Trinajstić information content (AvgIpc) is 2.98. The first-order valence-electron chi connectivity index (χ1n) is 6.45. The van der Waals surface area contributed by atoms with Gasteiger partial charge in [0.15, 0.2) is 0 Å². The highest BCUT2D eigenvalue weighted by Crippen LogP contribution is 2.29. The highest BCUT2D eigenvalue weighted by atomic mass is 16.1. The smallest absolute Gasteiger partial charge is 0.254 e. The number of rotatable bonds is 2. The Bertz CT molecular complexity index is 450. The van der Waals surface area contributed by atoms with E-state index in [0.29, 0.717) is 17.5 Å². The number of carbonyl (C=O) groups excluding carboxylic acids is 1.